The van der Waals surface area contributed by atoms with Crippen molar-refractivity contribution < 1.29 is 0 Å². The summed E-state index contributed by atoms with van der Waals surface area (Å²) >= 11 is 0. The van der Waals surface area contributed by atoms with Gasteiger partial charge < -0.3 is 9.55 Å². The average molecular weight is 313 g/mol. The molecule has 1 N–H and O–H groups in total. The molecule has 22 heavy (non-hydrogen) atoms. The highest BCUT2D eigenvalue weighted by molar-refractivity contribution is 6.77. The van der Waals surface area contributed by atoms with Crippen LogP contribution in [0.4, 0.5) is 0 Å². The Labute approximate surface area is 135 Å². The molecule has 1 aliphatic rings. The highest BCUT2D eigenvalue weighted by Crippen LogP contribution is 2.49. The number of nitrogens with zero attached hydrogens (tertiary/aromatic N) is 1. The summed E-state index contributed by atoms with van der Waals surface area (Å²) in [5, 5.41) is 0. The summed E-state index contributed by atoms with van der Waals surface area (Å²) in [6.07, 6.45) is 0. The molecule has 3 rings (SSSR count). The Balaban J connectivity index is 2.20. The highest BCUT2D eigenvalue weighted by Gasteiger charge is 2.44. The normalized spacial score (nSPS) is 17.5. The SMILES string of the molecule is Cc1cc2c(n1C)C([Si](C)(C)NC(C)(C)C)c1ccccc1-2. The Bertz CT molecular complexity index is 720. The van der Waals surface area contributed by atoms with Crippen LogP contribution >= 0.6 is 0 Å². The van der Waals surface area contributed by atoms with Gasteiger partial charge in [0, 0.05) is 35.1 Å². The Hall–Kier alpha value is -1.32. The molecule has 2 aromatic rings. The summed E-state index contributed by atoms with van der Waals surface area (Å²) in [5.41, 5.74) is 7.90. The van der Waals surface area contributed by atoms with Crippen molar-refractivity contribution in [2.75, 3.05) is 0 Å². The Morgan fingerprint density at radius 2 is 1.73 bits per heavy atom. The standard InChI is InChI=1S/C19H28N2Si/c1-13-12-16-14-10-8-9-11-15(14)18(17(16)21(13)5)22(6,7)20-19(2,3)4/h8-12,18,20H,1-7H3. The molecule has 1 aromatic carbocycles. The van der Waals surface area contributed by atoms with Crippen LogP contribution in [0.2, 0.25) is 13.1 Å². The molecule has 0 spiro atoms. The third kappa shape index (κ3) is 2.36. The van der Waals surface area contributed by atoms with Crippen LogP contribution < -0.4 is 4.98 Å². The molecule has 1 aliphatic carbocycles. The van der Waals surface area contributed by atoms with Gasteiger partial charge >= 0.3 is 0 Å². The van der Waals surface area contributed by atoms with Gasteiger partial charge in [-0.15, -0.1) is 0 Å². The van der Waals surface area contributed by atoms with Crippen molar-refractivity contribution in [1.82, 2.24) is 9.55 Å². The number of rotatable bonds is 2. The van der Waals surface area contributed by atoms with E-state index in [0.29, 0.717) is 5.54 Å². The second-order valence-corrected chi connectivity index (χ2v) is 12.5. The fraction of sp³-hybridized carbons (Fsp3) is 0.474. The summed E-state index contributed by atoms with van der Waals surface area (Å²) in [4.78, 5) is 3.98. The van der Waals surface area contributed by atoms with Gasteiger partial charge in [-0.3, -0.25) is 0 Å². The Kier molecular flexibility index (Phi) is 3.42. The van der Waals surface area contributed by atoms with E-state index in [1.807, 2.05) is 0 Å². The lowest BCUT2D eigenvalue weighted by Crippen LogP contribution is -2.58. The topological polar surface area (TPSA) is 17.0 Å². The van der Waals surface area contributed by atoms with Crippen molar-refractivity contribution in [2.24, 2.45) is 7.05 Å². The maximum absolute atomic E-state index is 3.98. The number of nitrogens with one attached hydrogen (secondary N) is 1. The van der Waals surface area contributed by atoms with Crippen LogP contribution in [0, 0.1) is 6.92 Å². The van der Waals surface area contributed by atoms with Crippen molar-refractivity contribution in [3.05, 3.63) is 47.3 Å². The average Bonchev–Trinajstić information content (AvgIpc) is 2.83. The van der Waals surface area contributed by atoms with Crippen molar-refractivity contribution >= 4 is 8.24 Å². The molecule has 1 unspecified atom stereocenters. The largest absolute Gasteiger partial charge is 0.351 e. The zero-order chi connectivity index (χ0) is 16.3. The van der Waals surface area contributed by atoms with Crippen molar-refractivity contribution in [1.29, 1.82) is 0 Å². The van der Waals surface area contributed by atoms with Crippen LogP contribution in [0.3, 0.4) is 0 Å². The molecule has 1 atom stereocenters. The molecule has 2 nitrogen and oxygen atoms in total. The van der Waals surface area contributed by atoms with Crippen LogP contribution in [0.25, 0.3) is 11.1 Å². The maximum Gasteiger partial charge on any atom is 0.133 e. The minimum absolute atomic E-state index is 0.146. The van der Waals surface area contributed by atoms with Gasteiger partial charge in [0.25, 0.3) is 0 Å². The van der Waals surface area contributed by atoms with Gasteiger partial charge in [-0.1, -0.05) is 37.4 Å². The molecule has 0 amide bonds. The molecule has 1 heterocycles. The lowest BCUT2D eigenvalue weighted by atomic mass is 10.1. The Morgan fingerprint density at radius 3 is 2.36 bits per heavy atom. The van der Waals surface area contributed by atoms with Gasteiger partial charge in [0.1, 0.15) is 8.24 Å². The number of aryl methyl sites for hydroxylation is 1. The zero-order valence-electron chi connectivity index (χ0n) is 14.9. The highest BCUT2D eigenvalue weighted by atomic mass is 28.3. The number of aromatic nitrogens is 1. The first kappa shape index (κ1) is 15.6. The van der Waals surface area contributed by atoms with E-state index >= 15 is 0 Å². The van der Waals surface area contributed by atoms with E-state index in [1.165, 1.54) is 28.1 Å². The van der Waals surface area contributed by atoms with E-state index < -0.39 is 8.24 Å². The monoisotopic (exact) mass is 312 g/mol. The molecule has 0 aliphatic heterocycles. The number of benzene rings is 1. The van der Waals surface area contributed by atoms with Crippen LogP contribution in [-0.2, 0) is 7.05 Å². The van der Waals surface area contributed by atoms with E-state index in [-0.39, 0.29) is 5.54 Å². The predicted octanol–water partition coefficient (Wildman–Crippen LogP) is 4.58. The number of hydrogen-bond donors (Lipinski definition) is 1. The quantitative estimate of drug-likeness (QED) is 0.803. The van der Waals surface area contributed by atoms with Crippen molar-refractivity contribution in [2.45, 2.75) is 51.9 Å². The summed E-state index contributed by atoms with van der Waals surface area (Å²) in [6, 6.07) is 11.3. The molecule has 0 fully saturated rings. The van der Waals surface area contributed by atoms with Gasteiger partial charge in [-0.25, -0.2) is 0 Å². The number of fused-ring (bicyclic) bond motifs is 3. The first-order chi connectivity index (χ1) is 10.1. The molecule has 0 saturated heterocycles. The molecule has 0 radical (unpaired) electrons. The van der Waals surface area contributed by atoms with Gasteiger partial charge in [0.15, 0.2) is 0 Å². The first-order valence-electron chi connectivity index (χ1n) is 8.17. The number of hydrogen-bond acceptors (Lipinski definition) is 1. The third-order valence-electron chi connectivity index (χ3n) is 4.77. The predicted molar refractivity (Wildman–Crippen MR) is 97.8 cm³/mol. The Morgan fingerprint density at radius 1 is 1.09 bits per heavy atom. The summed E-state index contributed by atoms with van der Waals surface area (Å²) in [7, 11) is 0.520. The second kappa shape index (κ2) is 4.84. The summed E-state index contributed by atoms with van der Waals surface area (Å²) in [6.45, 7) is 14.0. The molecule has 0 saturated carbocycles. The minimum atomic E-state index is -1.70. The molecule has 0 bridgehead atoms. The molecular formula is C19H28N2Si. The molecule has 3 heteroatoms. The van der Waals surface area contributed by atoms with E-state index in [2.05, 4.69) is 87.7 Å². The smallest absolute Gasteiger partial charge is 0.133 e. The van der Waals surface area contributed by atoms with Gasteiger partial charge in [-0.2, -0.15) is 0 Å². The van der Waals surface area contributed by atoms with E-state index in [1.54, 1.807) is 0 Å². The van der Waals surface area contributed by atoms with E-state index in [0.717, 1.165) is 0 Å². The third-order valence-corrected chi connectivity index (χ3v) is 8.20. The summed E-state index contributed by atoms with van der Waals surface area (Å²) < 4.78 is 2.40. The van der Waals surface area contributed by atoms with E-state index in [9.17, 15) is 0 Å². The van der Waals surface area contributed by atoms with Crippen LogP contribution in [0.15, 0.2) is 30.3 Å². The fourth-order valence-corrected chi connectivity index (χ4v) is 8.37. The minimum Gasteiger partial charge on any atom is -0.351 e. The first-order valence-corrected chi connectivity index (χ1v) is 11.2. The lowest BCUT2D eigenvalue weighted by Gasteiger charge is -2.38. The van der Waals surface area contributed by atoms with Crippen molar-refractivity contribution in [3.63, 3.8) is 0 Å². The molecule has 118 valence electrons. The molecular weight excluding hydrogens is 284 g/mol. The van der Waals surface area contributed by atoms with Gasteiger partial charge in [0.05, 0.1) is 0 Å². The van der Waals surface area contributed by atoms with E-state index in [4.69, 9.17) is 0 Å². The van der Waals surface area contributed by atoms with Crippen molar-refractivity contribution in [3.8, 4) is 11.1 Å². The maximum atomic E-state index is 3.98. The second-order valence-electron chi connectivity index (χ2n) is 8.26. The van der Waals surface area contributed by atoms with Crippen LogP contribution in [0.1, 0.15) is 43.3 Å². The van der Waals surface area contributed by atoms with Crippen LogP contribution in [-0.4, -0.2) is 18.3 Å². The fourth-order valence-electron chi connectivity index (χ4n) is 4.23. The lowest BCUT2D eigenvalue weighted by molar-refractivity contribution is 0.507. The molecule has 1 aromatic heterocycles. The summed E-state index contributed by atoms with van der Waals surface area (Å²) in [5.74, 6) is 0. The van der Waals surface area contributed by atoms with Gasteiger partial charge in [-0.05, 0) is 44.9 Å². The zero-order valence-corrected chi connectivity index (χ0v) is 15.9. The van der Waals surface area contributed by atoms with Crippen LogP contribution in [0.5, 0.6) is 0 Å². The van der Waals surface area contributed by atoms with Gasteiger partial charge in [0.2, 0.25) is 0 Å².